The first kappa shape index (κ1) is 14.8. The number of piperidine rings is 1. The lowest BCUT2D eigenvalue weighted by atomic mass is 9.97. The van der Waals surface area contributed by atoms with Crippen LogP contribution in [0.25, 0.3) is 0 Å². The molecule has 0 bridgehead atoms. The minimum atomic E-state index is -0.405. The topological polar surface area (TPSA) is 39.6 Å². The minimum absolute atomic E-state index is 0.405. The van der Waals surface area contributed by atoms with Gasteiger partial charge in [0.05, 0.1) is 16.7 Å². The molecule has 0 saturated carbocycles. The van der Waals surface area contributed by atoms with Crippen LogP contribution in [0.4, 0.5) is 5.13 Å². The van der Waals surface area contributed by atoms with Gasteiger partial charge in [-0.3, -0.25) is 0 Å². The highest BCUT2D eigenvalue weighted by Crippen LogP contribution is 2.32. The maximum Gasteiger partial charge on any atom is 0.185 e. The summed E-state index contributed by atoms with van der Waals surface area (Å²) in [4.78, 5) is 10.3. The van der Waals surface area contributed by atoms with Crippen molar-refractivity contribution in [3.8, 4) is 0 Å². The van der Waals surface area contributed by atoms with Crippen molar-refractivity contribution < 1.29 is 5.11 Å². The first-order valence-electron chi connectivity index (χ1n) is 7.02. The molecule has 0 radical (unpaired) electrons. The second-order valence-electron chi connectivity index (χ2n) is 5.81. The number of aliphatic hydroxyl groups is 1. The quantitative estimate of drug-likeness (QED) is 0.920. The summed E-state index contributed by atoms with van der Waals surface area (Å²) in [6, 6.07) is 0. The molecule has 4 nitrogen and oxygen atoms in total. The molecule has 5 heteroatoms. The molecule has 0 amide bonds. The number of hydrogen-bond donors (Lipinski definition) is 1. The lowest BCUT2D eigenvalue weighted by Crippen LogP contribution is -2.37. The predicted molar refractivity (Wildman–Crippen MR) is 81.0 cm³/mol. The summed E-state index contributed by atoms with van der Waals surface area (Å²) < 4.78 is 0. The van der Waals surface area contributed by atoms with Crippen LogP contribution in [0.1, 0.15) is 36.4 Å². The standard InChI is InChI=1S/C14H25N3OS/c1-10-13(11(2)18)19-14(15-10)17-7-5-12(6-8-17)9-16(3)4/h11-12,18H,5-9H2,1-4H3. The maximum atomic E-state index is 9.70. The van der Waals surface area contributed by atoms with E-state index in [9.17, 15) is 5.11 Å². The molecule has 1 aromatic rings. The molecule has 19 heavy (non-hydrogen) atoms. The van der Waals surface area contributed by atoms with Crippen LogP contribution in [0.15, 0.2) is 0 Å². The number of thiazole rings is 1. The number of nitrogens with zero attached hydrogens (tertiary/aromatic N) is 3. The van der Waals surface area contributed by atoms with Gasteiger partial charge in [-0.15, -0.1) is 0 Å². The molecule has 1 unspecified atom stereocenters. The Morgan fingerprint density at radius 2 is 2.05 bits per heavy atom. The fourth-order valence-corrected chi connectivity index (χ4v) is 3.79. The van der Waals surface area contributed by atoms with Crippen molar-refractivity contribution in [1.29, 1.82) is 0 Å². The lowest BCUT2D eigenvalue weighted by molar-refractivity contribution is 0.202. The second kappa shape index (κ2) is 6.20. The predicted octanol–water partition coefficient (Wildman–Crippen LogP) is 2.28. The Morgan fingerprint density at radius 3 is 2.53 bits per heavy atom. The third kappa shape index (κ3) is 3.68. The van der Waals surface area contributed by atoms with Crippen LogP contribution in [-0.4, -0.2) is 48.7 Å². The molecule has 1 fully saturated rings. The fourth-order valence-electron chi connectivity index (χ4n) is 2.74. The number of aromatic nitrogens is 1. The van der Waals surface area contributed by atoms with E-state index in [0.29, 0.717) is 0 Å². The third-order valence-corrected chi connectivity index (χ3v) is 5.10. The molecule has 2 heterocycles. The van der Waals surface area contributed by atoms with Crippen LogP contribution in [0, 0.1) is 12.8 Å². The first-order chi connectivity index (χ1) is 8.97. The number of aryl methyl sites for hydroxylation is 1. The molecular formula is C14H25N3OS. The summed E-state index contributed by atoms with van der Waals surface area (Å²) in [7, 11) is 4.29. The average Bonchev–Trinajstić information content (AvgIpc) is 2.71. The van der Waals surface area contributed by atoms with E-state index in [4.69, 9.17) is 0 Å². The van der Waals surface area contributed by atoms with E-state index in [0.717, 1.165) is 34.7 Å². The van der Waals surface area contributed by atoms with E-state index in [1.54, 1.807) is 11.3 Å². The lowest BCUT2D eigenvalue weighted by Gasteiger charge is -2.33. The van der Waals surface area contributed by atoms with Gasteiger partial charge in [0.15, 0.2) is 5.13 Å². The monoisotopic (exact) mass is 283 g/mol. The van der Waals surface area contributed by atoms with Gasteiger partial charge in [-0.2, -0.15) is 0 Å². The van der Waals surface area contributed by atoms with E-state index >= 15 is 0 Å². The van der Waals surface area contributed by atoms with E-state index in [1.165, 1.54) is 19.4 Å². The zero-order valence-corrected chi connectivity index (χ0v) is 13.2. The molecule has 108 valence electrons. The molecule has 0 spiro atoms. The highest BCUT2D eigenvalue weighted by atomic mass is 32.1. The number of anilines is 1. The second-order valence-corrected chi connectivity index (χ2v) is 6.82. The van der Waals surface area contributed by atoms with Crippen molar-refractivity contribution >= 4 is 16.5 Å². The summed E-state index contributed by atoms with van der Waals surface area (Å²) in [5.41, 5.74) is 0.977. The van der Waals surface area contributed by atoms with Gasteiger partial charge in [-0.1, -0.05) is 11.3 Å². The molecule has 1 aliphatic rings. The Bertz CT molecular complexity index is 409. The smallest absolute Gasteiger partial charge is 0.185 e. The summed E-state index contributed by atoms with van der Waals surface area (Å²) in [5, 5.41) is 10.8. The van der Waals surface area contributed by atoms with Crippen LogP contribution in [0.2, 0.25) is 0 Å². The highest BCUT2D eigenvalue weighted by Gasteiger charge is 2.23. The Kier molecular flexibility index (Phi) is 4.81. The van der Waals surface area contributed by atoms with Gasteiger partial charge in [-0.05, 0) is 46.7 Å². The largest absolute Gasteiger partial charge is 0.388 e. The van der Waals surface area contributed by atoms with Gasteiger partial charge >= 0.3 is 0 Å². The van der Waals surface area contributed by atoms with E-state index in [2.05, 4.69) is 28.9 Å². The van der Waals surface area contributed by atoms with Crippen LogP contribution in [-0.2, 0) is 0 Å². The van der Waals surface area contributed by atoms with Gasteiger partial charge in [-0.25, -0.2) is 4.98 Å². The average molecular weight is 283 g/mol. The van der Waals surface area contributed by atoms with Crippen LogP contribution in [0.5, 0.6) is 0 Å². The minimum Gasteiger partial charge on any atom is -0.388 e. The van der Waals surface area contributed by atoms with Crippen molar-refractivity contribution in [2.75, 3.05) is 38.6 Å². The SMILES string of the molecule is Cc1nc(N2CCC(CN(C)C)CC2)sc1C(C)O. The molecule has 1 aliphatic heterocycles. The van der Waals surface area contributed by atoms with Gasteiger partial charge in [0.25, 0.3) is 0 Å². The van der Waals surface area contributed by atoms with Gasteiger partial charge in [0.1, 0.15) is 0 Å². The van der Waals surface area contributed by atoms with Gasteiger partial charge < -0.3 is 14.9 Å². The van der Waals surface area contributed by atoms with Crippen LogP contribution in [0.3, 0.4) is 0 Å². The Morgan fingerprint density at radius 1 is 1.42 bits per heavy atom. The Balaban J connectivity index is 1.96. The zero-order chi connectivity index (χ0) is 14.0. The van der Waals surface area contributed by atoms with E-state index in [-0.39, 0.29) is 0 Å². The fraction of sp³-hybridized carbons (Fsp3) is 0.786. The number of hydrogen-bond acceptors (Lipinski definition) is 5. The van der Waals surface area contributed by atoms with E-state index in [1.807, 2.05) is 13.8 Å². The summed E-state index contributed by atoms with van der Waals surface area (Å²) in [6.07, 6.45) is 2.07. The van der Waals surface area contributed by atoms with Crippen molar-refractivity contribution in [2.45, 2.75) is 32.8 Å². The van der Waals surface area contributed by atoms with Crippen LogP contribution >= 0.6 is 11.3 Å². The zero-order valence-electron chi connectivity index (χ0n) is 12.4. The molecule has 1 atom stereocenters. The highest BCUT2D eigenvalue weighted by molar-refractivity contribution is 7.15. The van der Waals surface area contributed by atoms with Crippen molar-refractivity contribution in [3.63, 3.8) is 0 Å². The summed E-state index contributed by atoms with van der Waals surface area (Å²) in [6.45, 7) is 7.16. The third-order valence-electron chi connectivity index (χ3n) is 3.71. The van der Waals surface area contributed by atoms with Crippen molar-refractivity contribution in [2.24, 2.45) is 5.92 Å². The summed E-state index contributed by atoms with van der Waals surface area (Å²) in [5.74, 6) is 0.809. The van der Waals surface area contributed by atoms with Crippen molar-refractivity contribution in [1.82, 2.24) is 9.88 Å². The molecule has 0 aliphatic carbocycles. The Hall–Kier alpha value is -0.650. The molecule has 1 N–H and O–H groups in total. The summed E-state index contributed by atoms with van der Waals surface area (Å²) >= 11 is 1.64. The number of rotatable bonds is 4. The Labute approximate surface area is 120 Å². The molecular weight excluding hydrogens is 258 g/mol. The molecule has 0 aromatic carbocycles. The van der Waals surface area contributed by atoms with Gasteiger partial charge in [0, 0.05) is 19.6 Å². The molecule has 2 rings (SSSR count). The maximum absolute atomic E-state index is 9.70. The molecule has 1 aromatic heterocycles. The number of aliphatic hydroxyl groups excluding tert-OH is 1. The first-order valence-corrected chi connectivity index (χ1v) is 7.84. The van der Waals surface area contributed by atoms with E-state index < -0.39 is 6.10 Å². The molecule has 1 saturated heterocycles. The van der Waals surface area contributed by atoms with Gasteiger partial charge in [0.2, 0.25) is 0 Å². The normalized spacial score (nSPS) is 19.2. The van der Waals surface area contributed by atoms with Crippen molar-refractivity contribution in [3.05, 3.63) is 10.6 Å². The van der Waals surface area contributed by atoms with Crippen LogP contribution < -0.4 is 4.90 Å².